The highest BCUT2D eigenvalue weighted by Gasteiger charge is 2.44. The minimum Gasteiger partial charge on any atom is -0.336 e. The monoisotopic (exact) mass is 113 g/mol. The fourth-order valence-corrected chi connectivity index (χ4v) is 0.811. The molecule has 0 N–H and O–H groups in total. The summed E-state index contributed by atoms with van der Waals surface area (Å²) in [5.41, 5.74) is 0.224. The number of nitrogens with zero attached hydrogens (tertiary/aromatic N) is 1. The van der Waals surface area contributed by atoms with Gasteiger partial charge in [-0.2, -0.15) is 0 Å². The van der Waals surface area contributed by atoms with Crippen LogP contribution in [-0.2, 0) is 4.79 Å². The van der Waals surface area contributed by atoms with Gasteiger partial charge in [0.05, 0.1) is 5.54 Å². The molecule has 1 amide bonds. The molecule has 46 valence electrons. The van der Waals surface area contributed by atoms with Crippen LogP contribution in [0.4, 0.5) is 0 Å². The Labute approximate surface area is 49.5 Å². The highest BCUT2D eigenvalue weighted by molar-refractivity contribution is 5.54. The maximum atomic E-state index is 10.1. The van der Waals surface area contributed by atoms with E-state index < -0.39 is 0 Å². The quantitative estimate of drug-likeness (QED) is 0.380. The Morgan fingerprint density at radius 1 is 1.88 bits per heavy atom. The molecule has 0 aromatic rings. The van der Waals surface area contributed by atoms with Crippen molar-refractivity contribution in [3.63, 3.8) is 0 Å². The van der Waals surface area contributed by atoms with Gasteiger partial charge in [-0.05, 0) is 13.3 Å². The Morgan fingerprint density at radius 2 is 2.50 bits per heavy atom. The molecule has 2 nitrogen and oxygen atoms in total. The van der Waals surface area contributed by atoms with Crippen LogP contribution in [0.1, 0.15) is 20.3 Å². The molecular weight excluding hydrogens is 102 g/mol. The number of carbonyl (C=O) groups excluding carboxylic acids is 1. The maximum absolute atomic E-state index is 10.1. The molecule has 0 aromatic heterocycles. The minimum absolute atomic E-state index is 0.224. The molecule has 1 unspecified atom stereocenters. The zero-order valence-corrected chi connectivity index (χ0v) is 5.35. The van der Waals surface area contributed by atoms with Crippen molar-refractivity contribution >= 4 is 6.41 Å². The van der Waals surface area contributed by atoms with Crippen LogP contribution in [0.2, 0.25) is 0 Å². The zero-order valence-electron chi connectivity index (χ0n) is 5.35. The van der Waals surface area contributed by atoms with E-state index in [-0.39, 0.29) is 5.54 Å². The van der Waals surface area contributed by atoms with Crippen LogP contribution in [-0.4, -0.2) is 23.4 Å². The van der Waals surface area contributed by atoms with Crippen LogP contribution in [0.5, 0.6) is 0 Å². The van der Waals surface area contributed by atoms with Crippen LogP contribution < -0.4 is 0 Å². The first kappa shape index (κ1) is 5.60. The van der Waals surface area contributed by atoms with Crippen LogP contribution in [0.3, 0.4) is 0 Å². The van der Waals surface area contributed by atoms with Gasteiger partial charge < -0.3 is 4.90 Å². The van der Waals surface area contributed by atoms with E-state index in [1.807, 2.05) is 4.90 Å². The smallest absolute Gasteiger partial charge is 0.210 e. The van der Waals surface area contributed by atoms with Gasteiger partial charge in [-0.25, -0.2) is 0 Å². The molecule has 0 spiro atoms. The van der Waals surface area contributed by atoms with Crippen LogP contribution in [0.25, 0.3) is 0 Å². The van der Waals surface area contributed by atoms with Crippen molar-refractivity contribution in [1.82, 2.24) is 4.90 Å². The van der Waals surface area contributed by atoms with Gasteiger partial charge >= 0.3 is 0 Å². The zero-order chi connectivity index (χ0) is 6.20. The molecule has 2 heteroatoms. The maximum Gasteiger partial charge on any atom is 0.210 e. The topological polar surface area (TPSA) is 20.1 Å². The summed E-state index contributed by atoms with van der Waals surface area (Å²) < 4.78 is 0. The van der Waals surface area contributed by atoms with Gasteiger partial charge in [0.25, 0.3) is 0 Å². The van der Waals surface area contributed by atoms with Gasteiger partial charge in [0.15, 0.2) is 0 Å². The van der Waals surface area contributed by atoms with Gasteiger partial charge in [0.2, 0.25) is 6.41 Å². The van der Waals surface area contributed by atoms with Gasteiger partial charge in [0, 0.05) is 6.54 Å². The average Bonchev–Trinajstić information content (AvgIpc) is 2.44. The second kappa shape index (κ2) is 1.47. The molecule has 1 fully saturated rings. The fourth-order valence-electron chi connectivity index (χ4n) is 0.811. The second-order valence-corrected chi connectivity index (χ2v) is 2.58. The lowest BCUT2D eigenvalue weighted by Gasteiger charge is -2.01. The normalized spacial score (nSPS) is 35.0. The fraction of sp³-hybridized carbons (Fsp3) is 0.833. The molecule has 0 bridgehead atoms. The Bertz CT molecular complexity index is 113. The molecule has 0 radical (unpaired) electrons. The average molecular weight is 113 g/mol. The predicted octanol–water partition coefficient (Wildman–Crippen LogP) is 0.627. The van der Waals surface area contributed by atoms with Crippen LogP contribution in [0.15, 0.2) is 0 Å². The van der Waals surface area contributed by atoms with Crippen molar-refractivity contribution in [2.75, 3.05) is 6.54 Å². The van der Waals surface area contributed by atoms with E-state index in [4.69, 9.17) is 0 Å². The summed E-state index contributed by atoms with van der Waals surface area (Å²) in [6, 6.07) is 0. The Balaban J connectivity index is 2.42. The van der Waals surface area contributed by atoms with E-state index in [9.17, 15) is 4.79 Å². The lowest BCUT2D eigenvalue weighted by molar-refractivity contribution is -0.114. The molecule has 1 aliphatic heterocycles. The molecule has 1 atom stereocenters. The number of hydrogen-bond donors (Lipinski definition) is 0. The predicted molar refractivity (Wildman–Crippen MR) is 31.5 cm³/mol. The molecule has 8 heavy (non-hydrogen) atoms. The van der Waals surface area contributed by atoms with E-state index in [2.05, 4.69) is 13.8 Å². The molecular formula is C6H11NO. The first-order chi connectivity index (χ1) is 3.73. The Morgan fingerprint density at radius 3 is 2.62 bits per heavy atom. The highest BCUT2D eigenvalue weighted by Crippen LogP contribution is 2.32. The third kappa shape index (κ3) is 0.602. The van der Waals surface area contributed by atoms with E-state index in [0.717, 1.165) is 19.4 Å². The summed E-state index contributed by atoms with van der Waals surface area (Å²) in [6.45, 7) is 5.15. The molecule has 0 aromatic carbocycles. The molecule has 0 saturated carbocycles. The van der Waals surface area contributed by atoms with Gasteiger partial charge in [0.1, 0.15) is 0 Å². The SMILES string of the molecule is CCC1(C)CN1C=O. The molecule has 1 saturated heterocycles. The third-order valence-electron chi connectivity index (χ3n) is 1.99. The Hall–Kier alpha value is -0.530. The summed E-state index contributed by atoms with van der Waals surface area (Å²) in [5.74, 6) is 0. The Kier molecular flexibility index (Phi) is 1.03. The molecule has 1 heterocycles. The molecule has 1 aliphatic rings. The summed E-state index contributed by atoms with van der Waals surface area (Å²) in [6.07, 6.45) is 2.00. The largest absolute Gasteiger partial charge is 0.336 e. The van der Waals surface area contributed by atoms with E-state index in [1.54, 1.807) is 0 Å². The van der Waals surface area contributed by atoms with Crippen molar-refractivity contribution in [1.29, 1.82) is 0 Å². The summed E-state index contributed by atoms with van der Waals surface area (Å²) in [7, 11) is 0. The molecule has 1 rings (SSSR count). The number of amides is 1. The third-order valence-corrected chi connectivity index (χ3v) is 1.99. The van der Waals surface area contributed by atoms with Crippen molar-refractivity contribution in [2.24, 2.45) is 0 Å². The number of rotatable bonds is 2. The number of hydrogen-bond acceptors (Lipinski definition) is 1. The summed E-state index contributed by atoms with van der Waals surface area (Å²) >= 11 is 0. The van der Waals surface area contributed by atoms with Crippen molar-refractivity contribution in [3.05, 3.63) is 0 Å². The first-order valence-electron chi connectivity index (χ1n) is 2.95. The second-order valence-electron chi connectivity index (χ2n) is 2.58. The summed E-state index contributed by atoms with van der Waals surface area (Å²) in [4.78, 5) is 11.9. The van der Waals surface area contributed by atoms with Crippen LogP contribution in [0, 0.1) is 0 Å². The van der Waals surface area contributed by atoms with E-state index >= 15 is 0 Å². The van der Waals surface area contributed by atoms with Crippen molar-refractivity contribution < 1.29 is 4.79 Å². The number of carbonyl (C=O) groups is 1. The van der Waals surface area contributed by atoms with Gasteiger partial charge in [-0.15, -0.1) is 0 Å². The lowest BCUT2D eigenvalue weighted by Crippen LogP contribution is -2.10. The van der Waals surface area contributed by atoms with Gasteiger partial charge in [-0.1, -0.05) is 6.92 Å². The first-order valence-corrected chi connectivity index (χ1v) is 2.95. The highest BCUT2D eigenvalue weighted by atomic mass is 16.1. The standard InChI is InChI=1S/C6H11NO/c1-3-6(2)4-7(6)5-8/h5H,3-4H2,1-2H3. The van der Waals surface area contributed by atoms with Crippen molar-refractivity contribution in [2.45, 2.75) is 25.8 Å². The van der Waals surface area contributed by atoms with E-state index in [0.29, 0.717) is 0 Å². The van der Waals surface area contributed by atoms with E-state index in [1.165, 1.54) is 0 Å². The van der Waals surface area contributed by atoms with Crippen LogP contribution >= 0.6 is 0 Å². The lowest BCUT2D eigenvalue weighted by atomic mass is 10.1. The van der Waals surface area contributed by atoms with Crippen molar-refractivity contribution in [3.8, 4) is 0 Å². The minimum atomic E-state index is 0.224. The summed E-state index contributed by atoms with van der Waals surface area (Å²) in [5, 5.41) is 0. The van der Waals surface area contributed by atoms with Gasteiger partial charge in [-0.3, -0.25) is 4.79 Å². The molecule has 0 aliphatic carbocycles.